The SMILES string of the molecule is CC/C=C\C/C=C\C/C=C\CCCCCC(=O)OC(COC(=O)CCCCCCC/C=C\C/C=C\CCCCC)COC(=O)CCCCCCC/C=C\CCCCC. The Balaban J connectivity index is 4.46. The molecule has 0 saturated carbocycles. The molecule has 58 heavy (non-hydrogen) atoms. The fourth-order valence-electron chi connectivity index (χ4n) is 6.30. The number of allylic oxidation sites excluding steroid dienone is 12. The maximum Gasteiger partial charge on any atom is 0.306 e. The summed E-state index contributed by atoms with van der Waals surface area (Å²) >= 11 is 0. The van der Waals surface area contributed by atoms with Crippen LogP contribution in [0.2, 0.25) is 0 Å². The average Bonchev–Trinajstić information content (AvgIpc) is 3.22. The van der Waals surface area contributed by atoms with E-state index in [9.17, 15) is 14.4 Å². The highest BCUT2D eigenvalue weighted by Gasteiger charge is 2.19. The first-order chi connectivity index (χ1) is 28.5. The molecule has 1 unspecified atom stereocenters. The molecular formula is C52H88O6. The molecule has 0 fully saturated rings. The summed E-state index contributed by atoms with van der Waals surface area (Å²) in [4.78, 5) is 37.8. The lowest BCUT2D eigenvalue weighted by Gasteiger charge is -2.18. The van der Waals surface area contributed by atoms with Crippen molar-refractivity contribution in [1.82, 2.24) is 0 Å². The van der Waals surface area contributed by atoms with Crippen LogP contribution in [0.4, 0.5) is 0 Å². The van der Waals surface area contributed by atoms with Crippen LogP contribution in [-0.2, 0) is 28.6 Å². The summed E-state index contributed by atoms with van der Waals surface area (Å²) in [5.41, 5.74) is 0. The van der Waals surface area contributed by atoms with Gasteiger partial charge in [0.25, 0.3) is 0 Å². The molecule has 1 atom stereocenters. The number of esters is 3. The van der Waals surface area contributed by atoms with Crippen LogP contribution < -0.4 is 0 Å². The summed E-state index contributed by atoms with van der Waals surface area (Å²) < 4.78 is 16.7. The minimum atomic E-state index is -0.798. The van der Waals surface area contributed by atoms with E-state index < -0.39 is 6.10 Å². The van der Waals surface area contributed by atoms with Gasteiger partial charge in [-0.05, 0) is 109 Å². The molecule has 0 spiro atoms. The van der Waals surface area contributed by atoms with Crippen molar-refractivity contribution in [3.05, 3.63) is 72.9 Å². The van der Waals surface area contributed by atoms with Crippen molar-refractivity contribution >= 4 is 17.9 Å². The number of carbonyl (C=O) groups excluding carboxylic acids is 3. The second kappa shape index (κ2) is 46.5. The monoisotopic (exact) mass is 809 g/mol. The van der Waals surface area contributed by atoms with Crippen molar-refractivity contribution < 1.29 is 28.6 Å². The zero-order valence-corrected chi connectivity index (χ0v) is 37.8. The third-order valence-corrected chi connectivity index (χ3v) is 9.91. The minimum absolute atomic E-state index is 0.0970. The van der Waals surface area contributed by atoms with Gasteiger partial charge in [-0.1, -0.05) is 164 Å². The Morgan fingerprint density at radius 1 is 0.362 bits per heavy atom. The van der Waals surface area contributed by atoms with E-state index in [0.717, 1.165) is 116 Å². The zero-order chi connectivity index (χ0) is 42.3. The van der Waals surface area contributed by atoms with Crippen LogP contribution in [0.5, 0.6) is 0 Å². The van der Waals surface area contributed by atoms with Crippen molar-refractivity contribution in [2.45, 2.75) is 226 Å². The first-order valence-corrected chi connectivity index (χ1v) is 23.9. The van der Waals surface area contributed by atoms with Crippen molar-refractivity contribution in [2.75, 3.05) is 13.2 Å². The van der Waals surface area contributed by atoms with Gasteiger partial charge in [-0.2, -0.15) is 0 Å². The lowest BCUT2D eigenvalue weighted by molar-refractivity contribution is -0.167. The molecule has 6 heteroatoms. The molecule has 0 aliphatic carbocycles. The van der Waals surface area contributed by atoms with Crippen LogP contribution >= 0.6 is 0 Å². The van der Waals surface area contributed by atoms with Crippen molar-refractivity contribution in [1.29, 1.82) is 0 Å². The van der Waals surface area contributed by atoms with Crippen LogP contribution in [0.15, 0.2) is 72.9 Å². The fourth-order valence-corrected chi connectivity index (χ4v) is 6.30. The van der Waals surface area contributed by atoms with Gasteiger partial charge in [0.15, 0.2) is 6.10 Å². The molecule has 6 nitrogen and oxygen atoms in total. The summed E-state index contributed by atoms with van der Waals surface area (Å²) in [6, 6.07) is 0. The molecular weight excluding hydrogens is 721 g/mol. The second-order valence-corrected chi connectivity index (χ2v) is 15.6. The van der Waals surface area contributed by atoms with Gasteiger partial charge in [0.2, 0.25) is 0 Å². The lowest BCUT2D eigenvalue weighted by atomic mass is 10.1. The number of hydrogen-bond donors (Lipinski definition) is 0. The molecule has 0 N–H and O–H groups in total. The van der Waals surface area contributed by atoms with Gasteiger partial charge < -0.3 is 14.2 Å². The second-order valence-electron chi connectivity index (χ2n) is 15.6. The Kier molecular flexibility index (Phi) is 44.0. The van der Waals surface area contributed by atoms with E-state index in [1.54, 1.807) is 0 Å². The lowest BCUT2D eigenvalue weighted by Crippen LogP contribution is -2.30. The van der Waals surface area contributed by atoms with Gasteiger partial charge in [0.05, 0.1) is 0 Å². The van der Waals surface area contributed by atoms with Crippen LogP contribution in [0.3, 0.4) is 0 Å². The zero-order valence-electron chi connectivity index (χ0n) is 37.8. The highest BCUT2D eigenvalue weighted by Crippen LogP contribution is 2.13. The Morgan fingerprint density at radius 2 is 0.672 bits per heavy atom. The van der Waals surface area contributed by atoms with Crippen LogP contribution in [0.25, 0.3) is 0 Å². The highest BCUT2D eigenvalue weighted by molar-refractivity contribution is 5.71. The van der Waals surface area contributed by atoms with Gasteiger partial charge in [0.1, 0.15) is 13.2 Å². The molecule has 0 rings (SSSR count). The third kappa shape index (κ3) is 44.0. The van der Waals surface area contributed by atoms with Crippen LogP contribution in [0, 0.1) is 0 Å². The van der Waals surface area contributed by atoms with Gasteiger partial charge in [-0.25, -0.2) is 0 Å². The molecule has 0 saturated heterocycles. The number of carbonyl (C=O) groups is 3. The molecule has 0 bridgehead atoms. The Hall–Kier alpha value is -3.15. The van der Waals surface area contributed by atoms with Crippen molar-refractivity contribution in [3.63, 3.8) is 0 Å². The van der Waals surface area contributed by atoms with E-state index >= 15 is 0 Å². The normalized spacial score (nSPS) is 12.7. The molecule has 332 valence electrons. The molecule has 0 radical (unpaired) electrons. The standard InChI is InChI=1S/C52H88O6/c1-4-7-10-13-16-19-22-25-26-28-30-33-36-39-42-45-51(54)57-48-49(47-56-50(53)44-41-38-35-32-29-24-21-18-15-12-9-6-3)58-52(55)46-43-40-37-34-31-27-23-20-17-14-11-8-5-2/h8,11,16-21,25-27,31,49H,4-7,9-10,12-15,22-24,28-30,32-48H2,1-3H3/b11-8-,19-16-,20-17-,21-18-,26-25-,31-27-. The van der Waals surface area contributed by atoms with E-state index in [0.29, 0.717) is 12.8 Å². The summed E-state index contributed by atoms with van der Waals surface area (Å²) in [5.74, 6) is -0.953. The Bertz CT molecular complexity index is 1110. The van der Waals surface area contributed by atoms with E-state index in [4.69, 9.17) is 14.2 Å². The molecule has 0 amide bonds. The number of hydrogen-bond acceptors (Lipinski definition) is 6. The molecule has 0 aromatic rings. The largest absolute Gasteiger partial charge is 0.462 e. The Labute approximate surface area is 357 Å². The topological polar surface area (TPSA) is 78.9 Å². The highest BCUT2D eigenvalue weighted by atomic mass is 16.6. The van der Waals surface area contributed by atoms with E-state index in [-0.39, 0.29) is 37.5 Å². The molecule has 0 aromatic heterocycles. The smallest absolute Gasteiger partial charge is 0.306 e. The third-order valence-electron chi connectivity index (χ3n) is 9.91. The van der Waals surface area contributed by atoms with Gasteiger partial charge >= 0.3 is 17.9 Å². The fraction of sp³-hybridized carbons (Fsp3) is 0.712. The number of ether oxygens (including phenoxy) is 3. The molecule has 0 heterocycles. The summed E-state index contributed by atoms with van der Waals surface area (Å²) in [6.45, 7) is 6.41. The number of unbranched alkanes of at least 4 members (excludes halogenated alkanes) is 19. The van der Waals surface area contributed by atoms with Crippen molar-refractivity contribution in [3.8, 4) is 0 Å². The molecule has 0 aromatic carbocycles. The first-order valence-electron chi connectivity index (χ1n) is 23.9. The summed E-state index contributed by atoms with van der Waals surface area (Å²) in [6.07, 6.45) is 57.4. The number of rotatable bonds is 42. The summed E-state index contributed by atoms with van der Waals surface area (Å²) in [7, 11) is 0. The maximum absolute atomic E-state index is 12.7. The molecule has 0 aliphatic heterocycles. The van der Waals surface area contributed by atoms with Gasteiger partial charge in [-0.15, -0.1) is 0 Å². The van der Waals surface area contributed by atoms with Crippen LogP contribution in [0.1, 0.15) is 220 Å². The van der Waals surface area contributed by atoms with Gasteiger partial charge in [-0.3, -0.25) is 14.4 Å². The van der Waals surface area contributed by atoms with Gasteiger partial charge in [0, 0.05) is 19.3 Å². The molecule has 0 aliphatic rings. The van der Waals surface area contributed by atoms with Crippen molar-refractivity contribution in [2.24, 2.45) is 0 Å². The van der Waals surface area contributed by atoms with E-state index in [1.807, 2.05) is 0 Å². The predicted octanol–water partition coefficient (Wildman–Crippen LogP) is 15.5. The Morgan fingerprint density at radius 3 is 1.09 bits per heavy atom. The predicted molar refractivity (Wildman–Crippen MR) is 247 cm³/mol. The minimum Gasteiger partial charge on any atom is -0.462 e. The quantitative estimate of drug-likeness (QED) is 0.0264. The first kappa shape index (κ1) is 54.9. The maximum atomic E-state index is 12.7. The summed E-state index contributed by atoms with van der Waals surface area (Å²) in [5, 5.41) is 0. The van der Waals surface area contributed by atoms with E-state index in [1.165, 1.54) is 64.2 Å². The van der Waals surface area contributed by atoms with E-state index in [2.05, 4.69) is 93.7 Å². The average molecular weight is 809 g/mol. The van der Waals surface area contributed by atoms with Crippen LogP contribution in [-0.4, -0.2) is 37.2 Å².